The Kier molecular flexibility index (Phi) is 5.45. The molecule has 0 aromatic rings. The number of carboxylic acid groups (broad SMARTS) is 1. The molecule has 1 saturated heterocycles. The van der Waals surface area contributed by atoms with Gasteiger partial charge in [0.1, 0.15) is 5.92 Å². The van der Waals surface area contributed by atoms with Gasteiger partial charge >= 0.3 is 12.0 Å². The van der Waals surface area contributed by atoms with Crippen LogP contribution in [0.2, 0.25) is 0 Å². The first-order valence-corrected chi connectivity index (χ1v) is 7.84. The van der Waals surface area contributed by atoms with Crippen molar-refractivity contribution in [2.45, 2.75) is 51.1 Å². The van der Waals surface area contributed by atoms with Crippen molar-refractivity contribution >= 4 is 12.0 Å². The SMILES string of the molecule is CC1CCCCCC1NC(=O)N(C)C1COCC1C(=O)O. The van der Waals surface area contributed by atoms with Crippen molar-refractivity contribution in [3.8, 4) is 0 Å². The second kappa shape index (κ2) is 7.11. The molecule has 4 atom stereocenters. The monoisotopic (exact) mass is 298 g/mol. The Labute approximate surface area is 125 Å². The van der Waals surface area contributed by atoms with E-state index in [-0.39, 0.29) is 24.7 Å². The molecule has 2 aliphatic rings. The molecule has 2 N–H and O–H groups in total. The number of nitrogens with zero attached hydrogens (tertiary/aromatic N) is 1. The molecule has 2 fully saturated rings. The summed E-state index contributed by atoms with van der Waals surface area (Å²) in [6.07, 6.45) is 5.73. The van der Waals surface area contributed by atoms with E-state index in [0.717, 1.165) is 19.3 Å². The second-order valence-electron chi connectivity index (χ2n) is 6.33. The fourth-order valence-electron chi connectivity index (χ4n) is 3.28. The molecule has 21 heavy (non-hydrogen) atoms. The standard InChI is InChI=1S/C15H26N2O4/c1-10-6-4-3-5-7-12(10)16-15(20)17(2)13-9-21-8-11(13)14(18)19/h10-13H,3-9H2,1-2H3,(H,16,20)(H,18,19). The van der Waals surface area contributed by atoms with Crippen LogP contribution in [-0.4, -0.2) is 54.4 Å². The van der Waals surface area contributed by atoms with Gasteiger partial charge in [0.05, 0.1) is 19.3 Å². The van der Waals surface area contributed by atoms with E-state index in [4.69, 9.17) is 4.74 Å². The lowest BCUT2D eigenvalue weighted by atomic mass is 9.97. The Morgan fingerprint density at radius 1 is 1.19 bits per heavy atom. The summed E-state index contributed by atoms with van der Waals surface area (Å²) in [5.74, 6) is -1.06. The molecule has 6 nitrogen and oxygen atoms in total. The molecule has 120 valence electrons. The zero-order valence-corrected chi connectivity index (χ0v) is 12.9. The van der Waals surface area contributed by atoms with E-state index < -0.39 is 11.9 Å². The third kappa shape index (κ3) is 3.87. The van der Waals surface area contributed by atoms with Crippen LogP contribution in [0.3, 0.4) is 0 Å². The fraction of sp³-hybridized carbons (Fsp3) is 0.867. The van der Waals surface area contributed by atoms with Crippen LogP contribution in [0.1, 0.15) is 39.0 Å². The predicted octanol–water partition coefficient (Wildman–Crippen LogP) is 1.70. The van der Waals surface area contributed by atoms with E-state index in [9.17, 15) is 14.7 Å². The minimum Gasteiger partial charge on any atom is -0.481 e. The van der Waals surface area contributed by atoms with Crippen LogP contribution in [-0.2, 0) is 9.53 Å². The zero-order chi connectivity index (χ0) is 15.4. The van der Waals surface area contributed by atoms with Gasteiger partial charge < -0.3 is 20.1 Å². The number of carbonyl (C=O) groups is 2. The summed E-state index contributed by atoms with van der Waals surface area (Å²) >= 11 is 0. The van der Waals surface area contributed by atoms with Gasteiger partial charge in [-0.1, -0.05) is 26.2 Å². The van der Waals surface area contributed by atoms with Crippen LogP contribution in [0.25, 0.3) is 0 Å². The lowest BCUT2D eigenvalue weighted by molar-refractivity contribution is -0.142. The van der Waals surface area contributed by atoms with Gasteiger partial charge in [-0.2, -0.15) is 0 Å². The maximum absolute atomic E-state index is 12.4. The van der Waals surface area contributed by atoms with Gasteiger partial charge in [-0.25, -0.2) is 4.79 Å². The molecule has 0 radical (unpaired) electrons. The van der Waals surface area contributed by atoms with Crippen molar-refractivity contribution < 1.29 is 19.4 Å². The second-order valence-corrected chi connectivity index (χ2v) is 6.33. The maximum Gasteiger partial charge on any atom is 0.317 e. The van der Waals surface area contributed by atoms with Crippen LogP contribution >= 0.6 is 0 Å². The summed E-state index contributed by atoms with van der Waals surface area (Å²) < 4.78 is 5.23. The first-order chi connectivity index (χ1) is 10.0. The number of hydrogen-bond acceptors (Lipinski definition) is 3. The van der Waals surface area contributed by atoms with Crippen LogP contribution in [0.4, 0.5) is 4.79 Å². The van der Waals surface area contributed by atoms with Gasteiger partial charge in [-0.15, -0.1) is 0 Å². The molecule has 6 heteroatoms. The Balaban J connectivity index is 1.94. The van der Waals surface area contributed by atoms with Gasteiger partial charge in [0.15, 0.2) is 0 Å². The number of hydrogen-bond donors (Lipinski definition) is 2. The van der Waals surface area contributed by atoms with Crippen molar-refractivity contribution in [3.05, 3.63) is 0 Å². The summed E-state index contributed by atoms with van der Waals surface area (Å²) in [6.45, 7) is 2.65. The van der Waals surface area contributed by atoms with Crippen LogP contribution in [0.15, 0.2) is 0 Å². The lowest BCUT2D eigenvalue weighted by Crippen LogP contribution is -2.51. The third-order valence-corrected chi connectivity index (χ3v) is 4.86. The molecule has 0 spiro atoms. The minimum atomic E-state index is -0.903. The normalized spacial score (nSPS) is 33.2. The predicted molar refractivity (Wildman–Crippen MR) is 78.1 cm³/mol. The molecular formula is C15H26N2O4. The van der Waals surface area contributed by atoms with Crippen molar-refractivity contribution in [1.82, 2.24) is 10.2 Å². The van der Waals surface area contributed by atoms with E-state index >= 15 is 0 Å². The number of ether oxygens (including phenoxy) is 1. The Hall–Kier alpha value is -1.30. The molecule has 1 aliphatic carbocycles. The van der Waals surface area contributed by atoms with Crippen molar-refractivity contribution in [2.24, 2.45) is 11.8 Å². The van der Waals surface area contributed by atoms with E-state index in [1.165, 1.54) is 17.7 Å². The van der Waals surface area contributed by atoms with Crippen LogP contribution < -0.4 is 5.32 Å². The van der Waals surface area contributed by atoms with Crippen LogP contribution in [0.5, 0.6) is 0 Å². The first-order valence-electron chi connectivity index (χ1n) is 7.84. The lowest BCUT2D eigenvalue weighted by Gasteiger charge is -2.30. The number of carboxylic acids is 1. The average molecular weight is 298 g/mol. The molecule has 1 heterocycles. The summed E-state index contributed by atoms with van der Waals surface area (Å²) in [7, 11) is 1.66. The van der Waals surface area contributed by atoms with Gasteiger partial charge in [0.2, 0.25) is 0 Å². The molecule has 0 bridgehead atoms. The first kappa shape index (κ1) is 16.1. The van der Waals surface area contributed by atoms with Gasteiger partial charge in [0.25, 0.3) is 0 Å². The highest BCUT2D eigenvalue weighted by molar-refractivity contribution is 5.77. The minimum absolute atomic E-state index is 0.178. The number of likely N-dealkylation sites (N-methyl/N-ethyl adjacent to an activating group) is 1. The van der Waals surface area contributed by atoms with E-state index in [0.29, 0.717) is 12.5 Å². The number of aliphatic carboxylic acids is 1. The molecule has 4 unspecified atom stereocenters. The summed E-state index contributed by atoms with van der Waals surface area (Å²) in [5.41, 5.74) is 0. The summed E-state index contributed by atoms with van der Waals surface area (Å²) in [6, 6.07) is -0.382. The number of amides is 2. The topological polar surface area (TPSA) is 78.9 Å². The maximum atomic E-state index is 12.4. The van der Waals surface area contributed by atoms with E-state index in [1.807, 2.05) is 0 Å². The molecule has 1 aliphatic heterocycles. The zero-order valence-electron chi connectivity index (χ0n) is 12.9. The Bertz CT molecular complexity index is 388. The average Bonchev–Trinajstić information content (AvgIpc) is 2.85. The van der Waals surface area contributed by atoms with Crippen molar-refractivity contribution in [3.63, 3.8) is 0 Å². The summed E-state index contributed by atoms with van der Waals surface area (Å²) in [4.78, 5) is 25.1. The molecule has 0 aromatic carbocycles. The largest absolute Gasteiger partial charge is 0.481 e. The highest BCUT2D eigenvalue weighted by atomic mass is 16.5. The number of rotatable bonds is 3. The quantitative estimate of drug-likeness (QED) is 0.777. The van der Waals surface area contributed by atoms with Crippen molar-refractivity contribution in [2.75, 3.05) is 20.3 Å². The molecule has 2 rings (SSSR count). The number of carbonyl (C=O) groups excluding carboxylic acids is 1. The van der Waals surface area contributed by atoms with Crippen LogP contribution in [0, 0.1) is 11.8 Å². The Morgan fingerprint density at radius 3 is 2.62 bits per heavy atom. The Morgan fingerprint density at radius 2 is 1.90 bits per heavy atom. The van der Waals surface area contributed by atoms with Crippen molar-refractivity contribution in [1.29, 1.82) is 0 Å². The van der Waals surface area contributed by atoms with Gasteiger partial charge in [0, 0.05) is 13.1 Å². The summed E-state index contributed by atoms with van der Waals surface area (Å²) in [5, 5.41) is 12.3. The van der Waals surface area contributed by atoms with Gasteiger partial charge in [-0.3, -0.25) is 4.79 Å². The molecule has 1 saturated carbocycles. The molecular weight excluding hydrogens is 272 g/mol. The molecule has 0 aromatic heterocycles. The molecule has 2 amide bonds. The highest BCUT2D eigenvalue weighted by Gasteiger charge is 2.39. The smallest absolute Gasteiger partial charge is 0.317 e. The number of nitrogens with one attached hydrogen (secondary N) is 1. The van der Waals surface area contributed by atoms with E-state index in [2.05, 4.69) is 12.2 Å². The fourth-order valence-corrected chi connectivity index (χ4v) is 3.28. The van der Waals surface area contributed by atoms with Gasteiger partial charge in [-0.05, 0) is 18.8 Å². The van der Waals surface area contributed by atoms with E-state index in [1.54, 1.807) is 7.05 Å². The highest BCUT2D eigenvalue weighted by Crippen LogP contribution is 2.24. The number of urea groups is 1. The third-order valence-electron chi connectivity index (χ3n) is 4.86.